The molecule has 0 aliphatic carbocycles. The fraction of sp³-hybridized carbons (Fsp3) is 0.583. The molecule has 1 heterocycles. The topological polar surface area (TPSA) is 71.6 Å². The lowest BCUT2D eigenvalue weighted by atomic mass is 10.3. The van der Waals surface area contributed by atoms with Gasteiger partial charge in [-0.3, -0.25) is 0 Å². The molecule has 0 fully saturated rings. The van der Waals surface area contributed by atoms with Crippen molar-refractivity contribution in [2.24, 2.45) is 0 Å². The van der Waals surface area contributed by atoms with Crippen LogP contribution in [0.5, 0.6) is 5.88 Å². The van der Waals surface area contributed by atoms with Crippen molar-refractivity contribution < 1.29 is 9.84 Å². The van der Waals surface area contributed by atoms with Crippen LogP contribution >= 0.6 is 0 Å². The van der Waals surface area contributed by atoms with Crippen LogP contribution in [0.25, 0.3) is 0 Å². The van der Waals surface area contributed by atoms with Crippen LogP contribution < -0.4 is 15.4 Å². The van der Waals surface area contributed by atoms with E-state index in [0.717, 1.165) is 18.8 Å². The maximum Gasteiger partial charge on any atom is 0.239 e. The summed E-state index contributed by atoms with van der Waals surface area (Å²) in [5.41, 5.74) is 6.34. The average Bonchev–Trinajstić information content (AvgIpc) is 2.35. The van der Waals surface area contributed by atoms with E-state index in [1.807, 2.05) is 24.9 Å². The van der Waals surface area contributed by atoms with Gasteiger partial charge in [0.25, 0.3) is 0 Å². The van der Waals surface area contributed by atoms with Crippen LogP contribution in [-0.4, -0.2) is 36.9 Å². The Labute approximate surface area is 102 Å². The van der Waals surface area contributed by atoms with Crippen molar-refractivity contribution in [2.45, 2.75) is 19.8 Å². The summed E-state index contributed by atoms with van der Waals surface area (Å²) >= 11 is 0. The number of nitrogens with two attached hydrogens (primary N) is 1. The smallest absolute Gasteiger partial charge is 0.239 e. The lowest BCUT2D eigenvalue weighted by Gasteiger charge is -2.18. The summed E-state index contributed by atoms with van der Waals surface area (Å²) < 4.78 is 5.47. The molecule has 0 unspecified atom stereocenters. The minimum absolute atomic E-state index is 0.179. The van der Waals surface area contributed by atoms with Gasteiger partial charge in [-0.2, -0.15) is 4.98 Å². The van der Waals surface area contributed by atoms with Crippen LogP contribution in [0.1, 0.15) is 19.8 Å². The highest BCUT2D eigenvalue weighted by atomic mass is 16.5. The molecule has 0 aromatic carbocycles. The Kier molecular flexibility index (Phi) is 5.56. The van der Waals surface area contributed by atoms with E-state index in [2.05, 4.69) is 4.98 Å². The minimum Gasteiger partial charge on any atom is -0.476 e. The second kappa shape index (κ2) is 6.96. The van der Waals surface area contributed by atoms with E-state index in [9.17, 15) is 0 Å². The molecule has 1 aromatic heterocycles. The molecule has 0 saturated heterocycles. The SMILES string of the molecule is CCCOc1nc(N(C)CCCO)ccc1N. The molecule has 96 valence electrons. The molecule has 5 heteroatoms. The van der Waals surface area contributed by atoms with E-state index in [1.165, 1.54) is 0 Å². The molecule has 0 bridgehead atoms. The summed E-state index contributed by atoms with van der Waals surface area (Å²) in [5, 5.41) is 8.79. The molecule has 0 atom stereocenters. The normalized spacial score (nSPS) is 10.3. The van der Waals surface area contributed by atoms with E-state index in [1.54, 1.807) is 6.07 Å². The highest BCUT2D eigenvalue weighted by molar-refractivity contribution is 5.54. The van der Waals surface area contributed by atoms with Crippen LogP contribution in [0.3, 0.4) is 0 Å². The molecule has 1 aromatic rings. The number of rotatable bonds is 7. The van der Waals surface area contributed by atoms with Gasteiger partial charge in [-0.15, -0.1) is 0 Å². The van der Waals surface area contributed by atoms with E-state index < -0.39 is 0 Å². The van der Waals surface area contributed by atoms with E-state index in [-0.39, 0.29) is 6.61 Å². The summed E-state index contributed by atoms with van der Waals surface area (Å²) in [6.45, 7) is 3.58. The quantitative estimate of drug-likeness (QED) is 0.749. The van der Waals surface area contributed by atoms with Gasteiger partial charge in [0.1, 0.15) is 5.82 Å². The molecule has 0 aliphatic rings. The van der Waals surface area contributed by atoms with Gasteiger partial charge in [0.05, 0.1) is 12.3 Å². The standard InChI is InChI=1S/C12H21N3O2/c1-3-9-17-12-10(13)5-6-11(14-12)15(2)7-4-8-16/h5-6,16H,3-4,7-9,13H2,1-2H3. The number of aliphatic hydroxyl groups excluding tert-OH is 1. The number of ether oxygens (including phenoxy) is 1. The third-order valence-corrected chi connectivity index (χ3v) is 2.36. The highest BCUT2D eigenvalue weighted by Crippen LogP contribution is 2.22. The van der Waals surface area contributed by atoms with Crippen molar-refractivity contribution in [3.63, 3.8) is 0 Å². The van der Waals surface area contributed by atoms with Crippen molar-refractivity contribution in [1.29, 1.82) is 0 Å². The highest BCUT2D eigenvalue weighted by Gasteiger charge is 2.07. The number of hydrogen-bond donors (Lipinski definition) is 2. The Hall–Kier alpha value is -1.49. The number of aromatic nitrogens is 1. The zero-order valence-electron chi connectivity index (χ0n) is 10.5. The summed E-state index contributed by atoms with van der Waals surface area (Å²) in [6.07, 6.45) is 1.64. The fourth-order valence-corrected chi connectivity index (χ4v) is 1.39. The molecule has 5 nitrogen and oxygen atoms in total. The Morgan fingerprint density at radius 3 is 2.88 bits per heavy atom. The maximum absolute atomic E-state index is 8.79. The molecule has 3 N–H and O–H groups in total. The average molecular weight is 239 g/mol. The van der Waals surface area contributed by atoms with Gasteiger partial charge in [-0.25, -0.2) is 0 Å². The summed E-state index contributed by atoms with van der Waals surface area (Å²) in [4.78, 5) is 6.33. The van der Waals surface area contributed by atoms with Gasteiger partial charge in [-0.05, 0) is 25.0 Å². The molecule has 0 saturated carbocycles. The number of pyridine rings is 1. The monoisotopic (exact) mass is 239 g/mol. The molecule has 0 spiro atoms. The van der Waals surface area contributed by atoms with Crippen LogP contribution in [-0.2, 0) is 0 Å². The van der Waals surface area contributed by atoms with Crippen molar-refractivity contribution in [3.8, 4) is 5.88 Å². The summed E-state index contributed by atoms with van der Waals surface area (Å²) in [5.74, 6) is 1.29. The van der Waals surface area contributed by atoms with Gasteiger partial charge in [-0.1, -0.05) is 6.92 Å². The van der Waals surface area contributed by atoms with Crippen molar-refractivity contribution in [1.82, 2.24) is 4.98 Å². The third kappa shape index (κ3) is 4.11. The largest absolute Gasteiger partial charge is 0.476 e. The van der Waals surface area contributed by atoms with Gasteiger partial charge in [0, 0.05) is 20.2 Å². The fourth-order valence-electron chi connectivity index (χ4n) is 1.39. The zero-order valence-corrected chi connectivity index (χ0v) is 10.5. The molecule has 0 aliphatic heterocycles. The van der Waals surface area contributed by atoms with E-state index >= 15 is 0 Å². The molecule has 17 heavy (non-hydrogen) atoms. The third-order valence-electron chi connectivity index (χ3n) is 2.36. The Morgan fingerprint density at radius 1 is 1.47 bits per heavy atom. The van der Waals surface area contributed by atoms with Crippen LogP contribution in [0.2, 0.25) is 0 Å². The van der Waals surface area contributed by atoms with Crippen molar-refractivity contribution in [2.75, 3.05) is 37.4 Å². The van der Waals surface area contributed by atoms with Gasteiger partial charge in [0.2, 0.25) is 5.88 Å². The van der Waals surface area contributed by atoms with Crippen LogP contribution in [0.4, 0.5) is 11.5 Å². The molecular formula is C12H21N3O2. The van der Waals surface area contributed by atoms with Crippen molar-refractivity contribution in [3.05, 3.63) is 12.1 Å². The lowest BCUT2D eigenvalue weighted by Crippen LogP contribution is -2.20. The van der Waals surface area contributed by atoms with E-state index in [4.69, 9.17) is 15.6 Å². The van der Waals surface area contributed by atoms with Gasteiger partial charge in [0.15, 0.2) is 0 Å². The Balaban J connectivity index is 2.72. The molecule has 0 radical (unpaired) electrons. The second-order valence-electron chi connectivity index (χ2n) is 3.91. The predicted molar refractivity (Wildman–Crippen MR) is 69.4 cm³/mol. The second-order valence-corrected chi connectivity index (χ2v) is 3.91. The molecular weight excluding hydrogens is 218 g/mol. The number of nitrogen functional groups attached to an aromatic ring is 1. The first-order valence-electron chi connectivity index (χ1n) is 5.90. The Bertz CT molecular complexity index is 345. The number of nitrogens with zero attached hydrogens (tertiary/aromatic N) is 2. The minimum atomic E-state index is 0.179. The van der Waals surface area contributed by atoms with Crippen molar-refractivity contribution >= 4 is 11.5 Å². The molecule has 1 rings (SSSR count). The maximum atomic E-state index is 8.79. The van der Waals surface area contributed by atoms with E-state index in [0.29, 0.717) is 24.6 Å². The van der Waals surface area contributed by atoms with Gasteiger partial charge < -0.3 is 20.5 Å². The predicted octanol–water partition coefficient (Wildman–Crippen LogP) is 1.27. The van der Waals surface area contributed by atoms with Crippen LogP contribution in [0.15, 0.2) is 12.1 Å². The first-order valence-corrected chi connectivity index (χ1v) is 5.90. The zero-order chi connectivity index (χ0) is 12.7. The number of aliphatic hydroxyl groups is 1. The first kappa shape index (κ1) is 13.6. The summed E-state index contributed by atoms with van der Waals surface area (Å²) in [6, 6.07) is 3.65. The van der Waals surface area contributed by atoms with Crippen LogP contribution in [0, 0.1) is 0 Å². The molecule has 0 amide bonds. The Morgan fingerprint density at radius 2 is 2.24 bits per heavy atom. The first-order chi connectivity index (χ1) is 8.19. The number of hydrogen-bond acceptors (Lipinski definition) is 5. The lowest BCUT2D eigenvalue weighted by molar-refractivity contribution is 0.290. The summed E-state index contributed by atoms with van der Waals surface area (Å²) in [7, 11) is 1.93. The number of anilines is 2. The van der Waals surface area contributed by atoms with Gasteiger partial charge >= 0.3 is 0 Å².